The first-order valence-electron chi connectivity index (χ1n) is 5.88. The van der Waals surface area contributed by atoms with E-state index in [1.807, 2.05) is 12.1 Å². The molecular formula is C12H16N4O2. The van der Waals surface area contributed by atoms with E-state index < -0.39 is 5.91 Å². The van der Waals surface area contributed by atoms with Crippen molar-refractivity contribution in [2.45, 2.75) is 25.4 Å². The molecule has 1 fully saturated rings. The second kappa shape index (κ2) is 8.10. The zero-order valence-electron chi connectivity index (χ0n) is 10.1. The SMILES string of the molecule is N#CCCN/C=C(/C#N)C(=O)NCC1CCCO1. The van der Waals surface area contributed by atoms with E-state index in [0.717, 1.165) is 19.4 Å². The zero-order chi connectivity index (χ0) is 13.2. The summed E-state index contributed by atoms with van der Waals surface area (Å²) in [5.41, 5.74) is 0.00550. The Kier molecular flexibility index (Phi) is 6.31. The van der Waals surface area contributed by atoms with Gasteiger partial charge in [0, 0.05) is 25.9 Å². The number of ether oxygens (including phenoxy) is 1. The highest BCUT2D eigenvalue weighted by molar-refractivity contribution is 5.97. The average Bonchev–Trinajstić information content (AvgIpc) is 2.89. The van der Waals surface area contributed by atoms with Crippen LogP contribution in [-0.2, 0) is 9.53 Å². The highest BCUT2D eigenvalue weighted by Gasteiger charge is 2.17. The molecule has 0 aromatic rings. The van der Waals surface area contributed by atoms with Crippen LogP contribution in [0.4, 0.5) is 0 Å². The second-order valence-corrected chi connectivity index (χ2v) is 3.88. The van der Waals surface area contributed by atoms with E-state index in [4.69, 9.17) is 15.3 Å². The van der Waals surface area contributed by atoms with Crippen LogP contribution in [0.15, 0.2) is 11.8 Å². The molecule has 0 aromatic heterocycles. The Morgan fingerprint density at radius 2 is 2.33 bits per heavy atom. The maximum absolute atomic E-state index is 11.6. The molecule has 2 N–H and O–H groups in total. The second-order valence-electron chi connectivity index (χ2n) is 3.88. The summed E-state index contributed by atoms with van der Waals surface area (Å²) >= 11 is 0. The maximum Gasteiger partial charge on any atom is 0.263 e. The lowest BCUT2D eigenvalue weighted by Crippen LogP contribution is -2.33. The van der Waals surface area contributed by atoms with Crippen LogP contribution < -0.4 is 10.6 Å². The van der Waals surface area contributed by atoms with Crippen LogP contribution in [0.2, 0.25) is 0 Å². The predicted molar refractivity (Wildman–Crippen MR) is 63.9 cm³/mol. The Labute approximate surface area is 106 Å². The highest BCUT2D eigenvalue weighted by atomic mass is 16.5. The van der Waals surface area contributed by atoms with Crippen LogP contribution in [0.5, 0.6) is 0 Å². The molecule has 0 aliphatic carbocycles. The molecule has 1 unspecified atom stereocenters. The molecule has 6 heteroatoms. The predicted octanol–water partition coefficient (Wildman–Crippen LogP) is 0.192. The van der Waals surface area contributed by atoms with E-state index in [-0.39, 0.29) is 11.7 Å². The lowest BCUT2D eigenvalue weighted by atomic mass is 10.2. The molecule has 0 bridgehead atoms. The van der Waals surface area contributed by atoms with Gasteiger partial charge in [-0.05, 0) is 12.8 Å². The summed E-state index contributed by atoms with van der Waals surface area (Å²) in [5.74, 6) is -0.419. The highest BCUT2D eigenvalue weighted by Crippen LogP contribution is 2.10. The van der Waals surface area contributed by atoms with E-state index >= 15 is 0 Å². The number of hydrogen-bond acceptors (Lipinski definition) is 5. The fraction of sp³-hybridized carbons (Fsp3) is 0.583. The van der Waals surface area contributed by atoms with Gasteiger partial charge in [0.15, 0.2) is 0 Å². The molecule has 0 aromatic carbocycles. The molecule has 1 saturated heterocycles. The minimum absolute atomic E-state index is 0.00550. The standard InChI is InChI=1S/C12H16N4O2/c13-4-2-5-15-8-10(7-14)12(17)16-9-11-3-1-6-18-11/h8,11,15H,1-3,5-6,9H2,(H,16,17)/b10-8-. The minimum atomic E-state index is -0.419. The summed E-state index contributed by atoms with van der Waals surface area (Å²) in [4.78, 5) is 11.6. The number of carbonyl (C=O) groups excluding carboxylic acids is 1. The molecule has 96 valence electrons. The minimum Gasteiger partial charge on any atom is -0.389 e. The van der Waals surface area contributed by atoms with E-state index in [1.165, 1.54) is 6.20 Å². The molecule has 1 amide bonds. The van der Waals surface area contributed by atoms with E-state index in [0.29, 0.717) is 19.5 Å². The number of rotatable bonds is 6. The molecule has 1 atom stereocenters. The van der Waals surface area contributed by atoms with Crippen molar-refractivity contribution in [3.05, 3.63) is 11.8 Å². The maximum atomic E-state index is 11.6. The Balaban J connectivity index is 2.32. The quantitative estimate of drug-likeness (QED) is 0.397. The first kappa shape index (κ1) is 14.0. The number of carbonyl (C=O) groups is 1. The van der Waals surface area contributed by atoms with Crippen LogP contribution in [0.3, 0.4) is 0 Å². The number of nitrogens with one attached hydrogen (secondary N) is 2. The first-order chi connectivity index (χ1) is 8.77. The summed E-state index contributed by atoms with van der Waals surface area (Å²) in [6, 6.07) is 3.78. The van der Waals surface area contributed by atoms with Gasteiger partial charge in [-0.2, -0.15) is 10.5 Å². The lowest BCUT2D eigenvalue weighted by Gasteiger charge is -2.10. The van der Waals surface area contributed by atoms with Crippen molar-refractivity contribution < 1.29 is 9.53 Å². The number of amides is 1. The molecule has 0 spiro atoms. The van der Waals surface area contributed by atoms with Crippen molar-refractivity contribution in [1.82, 2.24) is 10.6 Å². The van der Waals surface area contributed by atoms with Gasteiger partial charge in [-0.1, -0.05) is 0 Å². The third-order valence-corrected chi connectivity index (χ3v) is 2.51. The van der Waals surface area contributed by atoms with E-state index in [2.05, 4.69) is 10.6 Å². The molecule has 1 heterocycles. The Morgan fingerprint density at radius 1 is 1.50 bits per heavy atom. The van der Waals surface area contributed by atoms with Gasteiger partial charge in [-0.15, -0.1) is 0 Å². The first-order valence-corrected chi connectivity index (χ1v) is 5.88. The van der Waals surface area contributed by atoms with E-state index in [1.54, 1.807) is 0 Å². The molecule has 1 rings (SSSR count). The number of nitrogens with zero attached hydrogens (tertiary/aromatic N) is 2. The molecule has 0 saturated carbocycles. The third-order valence-electron chi connectivity index (χ3n) is 2.51. The smallest absolute Gasteiger partial charge is 0.263 e. The van der Waals surface area contributed by atoms with Crippen LogP contribution in [0.25, 0.3) is 0 Å². The van der Waals surface area contributed by atoms with Crippen LogP contribution >= 0.6 is 0 Å². The zero-order valence-corrected chi connectivity index (χ0v) is 10.1. The van der Waals surface area contributed by atoms with Gasteiger partial charge in [0.05, 0.1) is 18.6 Å². The Bertz CT molecular complexity index is 386. The van der Waals surface area contributed by atoms with Crippen molar-refractivity contribution in [2.75, 3.05) is 19.7 Å². The Hall–Kier alpha value is -2.05. The normalized spacial score (nSPS) is 18.8. The molecule has 0 radical (unpaired) electrons. The molecular weight excluding hydrogens is 232 g/mol. The van der Waals surface area contributed by atoms with Gasteiger partial charge < -0.3 is 15.4 Å². The Morgan fingerprint density at radius 3 is 2.94 bits per heavy atom. The van der Waals surface area contributed by atoms with E-state index in [9.17, 15) is 4.79 Å². The van der Waals surface area contributed by atoms with Crippen LogP contribution in [0, 0.1) is 22.7 Å². The van der Waals surface area contributed by atoms with Gasteiger partial charge in [-0.3, -0.25) is 4.79 Å². The summed E-state index contributed by atoms with van der Waals surface area (Å²) < 4.78 is 5.36. The van der Waals surface area contributed by atoms with Crippen LogP contribution in [0.1, 0.15) is 19.3 Å². The summed E-state index contributed by atoms with van der Waals surface area (Å²) in [7, 11) is 0. The van der Waals surface area contributed by atoms with Crippen molar-refractivity contribution in [3.63, 3.8) is 0 Å². The van der Waals surface area contributed by atoms with Crippen molar-refractivity contribution in [3.8, 4) is 12.1 Å². The van der Waals surface area contributed by atoms with Crippen LogP contribution in [-0.4, -0.2) is 31.7 Å². The third kappa shape index (κ3) is 4.86. The van der Waals surface area contributed by atoms with Crippen molar-refractivity contribution in [2.24, 2.45) is 0 Å². The fourth-order valence-corrected chi connectivity index (χ4v) is 1.56. The van der Waals surface area contributed by atoms with Gasteiger partial charge in [0.25, 0.3) is 5.91 Å². The topological polar surface area (TPSA) is 97.9 Å². The van der Waals surface area contributed by atoms with Crippen molar-refractivity contribution in [1.29, 1.82) is 10.5 Å². The van der Waals surface area contributed by atoms with Gasteiger partial charge in [-0.25, -0.2) is 0 Å². The van der Waals surface area contributed by atoms with Gasteiger partial charge in [0.1, 0.15) is 11.6 Å². The van der Waals surface area contributed by atoms with Gasteiger partial charge in [0.2, 0.25) is 0 Å². The molecule has 6 nitrogen and oxygen atoms in total. The largest absolute Gasteiger partial charge is 0.389 e. The van der Waals surface area contributed by atoms with Crippen molar-refractivity contribution >= 4 is 5.91 Å². The monoisotopic (exact) mass is 248 g/mol. The molecule has 1 aliphatic rings. The number of nitriles is 2. The summed E-state index contributed by atoms with van der Waals surface area (Å²) in [5, 5.41) is 22.6. The molecule has 18 heavy (non-hydrogen) atoms. The number of hydrogen-bond donors (Lipinski definition) is 2. The summed E-state index contributed by atoms with van der Waals surface area (Å²) in [6.45, 7) is 1.58. The average molecular weight is 248 g/mol. The summed E-state index contributed by atoms with van der Waals surface area (Å²) in [6.07, 6.45) is 3.67. The fourth-order valence-electron chi connectivity index (χ4n) is 1.56. The lowest BCUT2D eigenvalue weighted by molar-refractivity contribution is -0.117. The molecule has 1 aliphatic heterocycles. The van der Waals surface area contributed by atoms with Gasteiger partial charge >= 0.3 is 0 Å².